The predicted octanol–water partition coefficient (Wildman–Crippen LogP) is 1.57. The Kier molecular flexibility index (Phi) is 4.10. The van der Waals surface area contributed by atoms with Gasteiger partial charge in [-0.3, -0.25) is 9.56 Å². The summed E-state index contributed by atoms with van der Waals surface area (Å²) in [7, 11) is -3.88. The highest BCUT2D eigenvalue weighted by Crippen LogP contribution is 2.32. The van der Waals surface area contributed by atoms with E-state index in [1.54, 1.807) is 0 Å². The van der Waals surface area contributed by atoms with Crippen molar-refractivity contribution in [2.45, 2.75) is 38.1 Å². The first-order valence-corrected chi connectivity index (χ1v) is 6.44. The Morgan fingerprint density at radius 2 is 1.92 bits per heavy atom. The van der Waals surface area contributed by atoms with E-state index in [4.69, 9.17) is 9.79 Å². The van der Waals surface area contributed by atoms with E-state index in [-0.39, 0.29) is 6.16 Å². The van der Waals surface area contributed by atoms with Gasteiger partial charge in [0.25, 0.3) is 0 Å². The highest BCUT2D eigenvalue weighted by Gasteiger charge is 2.13. The van der Waals surface area contributed by atoms with Gasteiger partial charge in [-0.25, -0.2) is 0 Å². The first-order chi connectivity index (χ1) is 6.08. The van der Waals surface area contributed by atoms with Gasteiger partial charge in [0, 0.05) is 12.3 Å². The van der Waals surface area contributed by atoms with Crippen LogP contribution in [0.25, 0.3) is 0 Å². The van der Waals surface area contributed by atoms with Crippen molar-refractivity contribution < 1.29 is 14.4 Å². The summed E-state index contributed by atoms with van der Waals surface area (Å²) in [5.74, 6) is 0. The molecule has 0 unspecified atom stereocenters. The average molecular weight is 205 g/mol. The lowest BCUT2D eigenvalue weighted by Crippen LogP contribution is -2.10. The van der Waals surface area contributed by atoms with Crippen LogP contribution in [0.4, 0.5) is 0 Å². The van der Waals surface area contributed by atoms with Crippen LogP contribution in [-0.2, 0) is 4.57 Å². The lowest BCUT2D eigenvalue weighted by Gasteiger charge is -2.17. The monoisotopic (exact) mass is 205 g/mol. The van der Waals surface area contributed by atoms with Gasteiger partial charge in [0.2, 0.25) is 0 Å². The topological polar surface area (TPSA) is 69.9 Å². The van der Waals surface area contributed by atoms with Gasteiger partial charge in [-0.1, -0.05) is 19.3 Å². The Morgan fingerprint density at radius 3 is 2.46 bits per heavy atom. The molecular weight excluding hydrogens is 189 g/mol. The molecular formula is C8H16NO3P. The number of rotatable bonds is 3. The van der Waals surface area contributed by atoms with Crippen molar-refractivity contribution in [2.75, 3.05) is 6.16 Å². The van der Waals surface area contributed by atoms with Crippen molar-refractivity contribution in [1.29, 1.82) is 0 Å². The second-order valence-corrected chi connectivity index (χ2v) is 5.17. The Labute approximate surface area is 78.2 Å². The fraction of sp³-hybridized carbons (Fsp3) is 0.875. The third-order valence-electron chi connectivity index (χ3n) is 2.21. The maximum Gasteiger partial charge on any atom is 0.330 e. The Balaban J connectivity index is 2.26. The van der Waals surface area contributed by atoms with E-state index >= 15 is 0 Å². The fourth-order valence-electron chi connectivity index (χ4n) is 1.53. The molecule has 1 saturated carbocycles. The van der Waals surface area contributed by atoms with Crippen molar-refractivity contribution >= 4 is 13.8 Å². The summed E-state index contributed by atoms with van der Waals surface area (Å²) < 4.78 is 10.5. The second-order valence-electron chi connectivity index (χ2n) is 3.47. The largest absolute Gasteiger partial charge is 0.330 e. The van der Waals surface area contributed by atoms with E-state index in [0.29, 0.717) is 6.04 Å². The van der Waals surface area contributed by atoms with Gasteiger partial charge in [-0.15, -0.1) is 0 Å². The molecule has 4 nitrogen and oxygen atoms in total. The minimum atomic E-state index is -3.88. The van der Waals surface area contributed by atoms with E-state index in [0.717, 1.165) is 12.8 Å². The lowest BCUT2D eigenvalue weighted by molar-refractivity contribution is 0.378. The molecule has 1 aliphatic rings. The van der Waals surface area contributed by atoms with Crippen LogP contribution in [0.5, 0.6) is 0 Å². The van der Waals surface area contributed by atoms with Crippen molar-refractivity contribution in [1.82, 2.24) is 0 Å². The normalized spacial score (nSPS) is 21.1. The summed E-state index contributed by atoms with van der Waals surface area (Å²) in [5.41, 5.74) is 0. The zero-order chi connectivity index (χ0) is 9.73. The molecule has 1 fully saturated rings. The van der Waals surface area contributed by atoms with Crippen molar-refractivity contribution in [3.63, 3.8) is 0 Å². The molecule has 0 radical (unpaired) electrons. The zero-order valence-corrected chi connectivity index (χ0v) is 8.49. The van der Waals surface area contributed by atoms with E-state index in [1.165, 1.54) is 25.5 Å². The van der Waals surface area contributed by atoms with Crippen LogP contribution in [0.1, 0.15) is 32.1 Å². The number of hydrogen-bond donors (Lipinski definition) is 2. The summed E-state index contributed by atoms with van der Waals surface area (Å²) in [6.45, 7) is 0. The van der Waals surface area contributed by atoms with E-state index < -0.39 is 7.60 Å². The third kappa shape index (κ3) is 5.19. The molecule has 0 aliphatic heterocycles. The SMILES string of the molecule is O=P(O)(O)CC=NC1CCCCC1. The summed E-state index contributed by atoms with van der Waals surface area (Å²) in [6.07, 6.45) is 6.95. The molecule has 0 heterocycles. The first kappa shape index (κ1) is 10.9. The molecule has 0 spiro atoms. The molecule has 13 heavy (non-hydrogen) atoms. The Morgan fingerprint density at radius 1 is 1.31 bits per heavy atom. The van der Waals surface area contributed by atoms with Gasteiger partial charge in [0.1, 0.15) is 0 Å². The van der Waals surface area contributed by atoms with Crippen LogP contribution in [-0.4, -0.2) is 28.2 Å². The van der Waals surface area contributed by atoms with Gasteiger partial charge in [-0.05, 0) is 12.8 Å². The van der Waals surface area contributed by atoms with Crippen LogP contribution in [0.2, 0.25) is 0 Å². The summed E-state index contributed by atoms with van der Waals surface area (Å²) in [5, 5.41) is 0. The zero-order valence-electron chi connectivity index (χ0n) is 7.59. The minimum Gasteiger partial charge on any atom is -0.324 e. The molecule has 1 aliphatic carbocycles. The molecule has 0 atom stereocenters. The smallest absolute Gasteiger partial charge is 0.324 e. The fourth-order valence-corrected chi connectivity index (χ4v) is 1.84. The van der Waals surface area contributed by atoms with Crippen molar-refractivity contribution in [2.24, 2.45) is 4.99 Å². The average Bonchev–Trinajstić information content (AvgIpc) is 2.04. The van der Waals surface area contributed by atoms with E-state index in [2.05, 4.69) is 4.99 Å². The lowest BCUT2D eigenvalue weighted by atomic mass is 9.96. The molecule has 2 N–H and O–H groups in total. The van der Waals surface area contributed by atoms with Crippen LogP contribution >= 0.6 is 7.60 Å². The van der Waals surface area contributed by atoms with Gasteiger partial charge in [0.05, 0.1) is 6.16 Å². The summed E-state index contributed by atoms with van der Waals surface area (Å²) in [4.78, 5) is 21.3. The second kappa shape index (κ2) is 4.89. The first-order valence-electron chi connectivity index (χ1n) is 4.64. The molecule has 0 aromatic rings. The Bertz CT molecular complexity index is 217. The molecule has 0 aromatic heterocycles. The van der Waals surface area contributed by atoms with Crippen molar-refractivity contribution in [3.8, 4) is 0 Å². The van der Waals surface area contributed by atoms with Crippen molar-refractivity contribution in [3.05, 3.63) is 0 Å². The molecule has 0 bridgehead atoms. The highest BCUT2D eigenvalue weighted by molar-refractivity contribution is 7.52. The maximum atomic E-state index is 10.5. The van der Waals surface area contributed by atoms with Gasteiger partial charge in [0.15, 0.2) is 0 Å². The molecule has 0 aromatic carbocycles. The predicted molar refractivity (Wildman–Crippen MR) is 52.3 cm³/mol. The van der Waals surface area contributed by atoms with Gasteiger partial charge < -0.3 is 9.79 Å². The van der Waals surface area contributed by atoms with E-state index in [1.807, 2.05) is 0 Å². The number of hydrogen-bond acceptors (Lipinski definition) is 2. The number of aliphatic imine (C=N–C) groups is 1. The maximum absolute atomic E-state index is 10.5. The minimum absolute atomic E-state index is 0.219. The summed E-state index contributed by atoms with van der Waals surface area (Å²) >= 11 is 0. The molecule has 76 valence electrons. The summed E-state index contributed by atoms with van der Waals surface area (Å²) in [6, 6.07) is 0.306. The van der Waals surface area contributed by atoms with Crippen LogP contribution in [0.3, 0.4) is 0 Å². The van der Waals surface area contributed by atoms with Gasteiger partial charge in [-0.2, -0.15) is 0 Å². The van der Waals surface area contributed by atoms with Crippen LogP contribution in [0.15, 0.2) is 4.99 Å². The standard InChI is InChI=1S/C8H16NO3P/c10-13(11,12)7-6-9-8-4-2-1-3-5-8/h6,8H,1-5,7H2,(H2,10,11,12). The highest BCUT2D eigenvalue weighted by atomic mass is 31.2. The quantitative estimate of drug-likeness (QED) is 0.542. The van der Waals surface area contributed by atoms with E-state index in [9.17, 15) is 4.57 Å². The molecule has 0 amide bonds. The Hall–Kier alpha value is -0.180. The molecule has 0 saturated heterocycles. The molecule has 1 rings (SSSR count). The van der Waals surface area contributed by atoms with Crippen LogP contribution in [0, 0.1) is 0 Å². The van der Waals surface area contributed by atoms with Crippen LogP contribution < -0.4 is 0 Å². The van der Waals surface area contributed by atoms with Gasteiger partial charge >= 0.3 is 7.60 Å². The number of nitrogens with zero attached hydrogens (tertiary/aromatic N) is 1. The molecule has 5 heteroatoms. The third-order valence-corrected chi connectivity index (χ3v) is 2.85.